The molecule has 1 aromatic rings. The van der Waals surface area contributed by atoms with Crippen LogP contribution in [0.2, 0.25) is 0 Å². The number of ether oxygens (including phenoxy) is 1. The highest BCUT2D eigenvalue weighted by Crippen LogP contribution is 2.23. The Kier molecular flexibility index (Phi) is 6.67. The SMILES string of the molecule is CCOc1ccccc1NC(=O)CN1CCCC1.Cl. The van der Waals surface area contributed by atoms with Crippen LogP contribution in [0.4, 0.5) is 5.69 Å². The Balaban J connectivity index is 0.00000180. The molecule has 0 radical (unpaired) electrons. The molecule has 1 N–H and O–H groups in total. The van der Waals surface area contributed by atoms with E-state index in [0.717, 1.165) is 24.5 Å². The molecule has 0 atom stereocenters. The molecule has 5 heteroatoms. The van der Waals surface area contributed by atoms with Crippen molar-refractivity contribution in [1.29, 1.82) is 0 Å². The van der Waals surface area contributed by atoms with E-state index in [1.807, 2.05) is 31.2 Å². The lowest BCUT2D eigenvalue weighted by Gasteiger charge is -2.15. The van der Waals surface area contributed by atoms with Crippen LogP contribution in [-0.4, -0.2) is 37.0 Å². The number of halogens is 1. The first-order valence-electron chi connectivity index (χ1n) is 6.53. The van der Waals surface area contributed by atoms with E-state index >= 15 is 0 Å². The summed E-state index contributed by atoms with van der Waals surface area (Å²) in [5.74, 6) is 0.763. The molecule has 0 aromatic heterocycles. The fourth-order valence-corrected chi connectivity index (χ4v) is 2.18. The molecule has 1 fully saturated rings. The topological polar surface area (TPSA) is 41.6 Å². The molecule has 2 rings (SSSR count). The molecule has 1 saturated heterocycles. The predicted molar refractivity (Wildman–Crippen MR) is 79.2 cm³/mol. The Morgan fingerprint density at radius 3 is 2.68 bits per heavy atom. The normalized spacial score (nSPS) is 14.8. The second-order valence-electron chi connectivity index (χ2n) is 4.46. The van der Waals surface area contributed by atoms with Gasteiger partial charge in [-0.2, -0.15) is 0 Å². The van der Waals surface area contributed by atoms with Gasteiger partial charge in [-0.25, -0.2) is 0 Å². The van der Waals surface area contributed by atoms with E-state index in [1.54, 1.807) is 0 Å². The number of amides is 1. The summed E-state index contributed by atoms with van der Waals surface area (Å²) in [4.78, 5) is 14.1. The quantitative estimate of drug-likeness (QED) is 0.903. The van der Waals surface area contributed by atoms with Gasteiger partial charge in [0.1, 0.15) is 5.75 Å². The first kappa shape index (κ1) is 15.8. The van der Waals surface area contributed by atoms with Crippen LogP contribution in [0.1, 0.15) is 19.8 Å². The molecule has 0 bridgehead atoms. The largest absolute Gasteiger partial charge is 0.492 e. The molecule has 19 heavy (non-hydrogen) atoms. The fraction of sp³-hybridized carbons (Fsp3) is 0.500. The zero-order valence-corrected chi connectivity index (χ0v) is 12.0. The molecule has 1 aromatic carbocycles. The number of likely N-dealkylation sites (tertiary alicyclic amines) is 1. The van der Waals surface area contributed by atoms with Gasteiger partial charge in [-0.3, -0.25) is 9.69 Å². The highest BCUT2D eigenvalue weighted by Gasteiger charge is 2.15. The fourth-order valence-electron chi connectivity index (χ4n) is 2.18. The van der Waals surface area contributed by atoms with Crippen LogP contribution >= 0.6 is 12.4 Å². The number of nitrogens with one attached hydrogen (secondary N) is 1. The first-order valence-corrected chi connectivity index (χ1v) is 6.53. The van der Waals surface area contributed by atoms with E-state index in [4.69, 9.17) is 4.74 Å². The van der Waals surface area contributed by atoms with Gasteiger partial charge in [0.25, 0.3) is 0 Å². The van der Waals surface area contributed by atoms with Gasteiger partial charge < -0.3 is 10.1 Å². The Hall–Kier alpha value is -1.26. The minimum Gasteiger partial charge on any atom is -0.492 e. The highest BCUT2D eigenvalue weighted by atomic mass is 35.5. The monoisotopic (exact) mass is 284 g/mol. The van der Waals surface area contributed by atoms with Crippen LogP contribution in [0.5, 0.6) is 5.75 Å². The number of carbonyl (C=O) groups is 1. The zero-order valence-electron chi connectivity index (χ0n) is 11.2. The molecule has 1 aliphatic heterocycles. The second kappa shape index (κ2) is 8.02. The van der Waals surface area contributed by atoms with Crippen LogP contribution in [0.3, 0.4) is 0 Å². The van der Waals surface area contributed by atoms with E-state index in [0.29, 0.717) is 13.2 Å². The summed E-state index contributed by atoms with van der Waals surface area (Å²) in [5.41, 5.74) is 0.753. The number of anilines is 1. The van der Waals surface area contributed by atoms with Gasteiger partial charge in [-0.1, -0.05) is 12.1 Å². The minimum absolute atomic E-state index is 0. The molecule has 106 valence electrons. The lowest BCUT2D eigenvalue weighted by atomic mass is 10.3. The van der Waals surface area contributed by atoms with Crippen LogP contribution < -0.4 is 10.1 Å². The summed E-state index contributed by atoms with van der Waals surface area (Å²) in [7, 11) is 0. The number of hydrogen-bond donors (Lipinski definition) is 1. The summed E-state index contributed by atoms with van der Waals surface area (Å²) in [5, 5.41) is 2.92. The van der Waals surface area contributed by atoms with Crippen molar-refractivity contribution in [2.24, 2.45) is 0 Å². The van der Waals surface area contributed by atoms with E-state index in [2.05, 4.69) is 10.2 Å². The molecular formula is C14H21ClN2O2. The molecule has 1 heterocycles. The lowest BCUT2D eigenvalue weighted by Crippen LogP contribution is -2.31. The Morgan fingerprint density at radius 1 is 1.32 bits per heavy atom. The summed E-state index contributed by atoms with van der Waals surface area (Å²) in [6.07, 6.45) is 2.39. The lowest BCUT2D eigenvalue weighted by molar-refractivity contribution is -0.117. The number of carbonyl (C=O) groups excluding carboxylic acids is 1. The van der Waals surface area contributed by atoms with E-state index in [-0.39, 0.29) is 18.3 Å². The predicted octanol–water partition coefficient (Wildman–Crippen LogP) is 2.54. The zero-order chi connectivity index (χ0) is 12.8. The Labute approximate surface area is 120 Å². The molecule has 4 nitrogen and oxygen atoms in total. The summed E-state index contributed by atoms with van der Waals surface area (Å²) in [6, 6.07) is 7.54. The average molecular weight is 285 g/mol. The average Bonchev–Trinajstić information content (AvgIpc) is 2.84. The maximum atomic E-state index is 11.9. The van der Waals surface area contributed by atoms with Gasteiger partial charge >= 0.3 is 0 Å². The molecule has 0 spiro atoms. The summed E-state index contributed by atoms with van der Waals surface area (Å²) >= 11 is 0. The van der Waals surface area contributed by atoms with E-state index < -0.39 is 0 Å². The standard InChI is InChI=1S/C14H20N2O2.ClH/c1-2-18-13-8-4-3-7-12(13)15-14(17)11-16-9-5-6-10-16;/h3-4,7-8H,2,5-6,9-11H2,1H3,(H,15,17);1H. The van der Waals surface area contributed by atoms with Gasteiger partial charge in [0.2, 0.25) is 5.91 Å². The number of para-hydroxylation sites is 2. The van der Waals surface area contributed by atoms with Gasteiger partial charge in [0.05, 0.1) is 18.8 Å². The highest BCUT2D eigenvalue weighted by molar-refractivity contribution is 5.93. The van der Waals surface area contributed by atoms with Gasteiger partial charge in [-0.05, 0) is 45.0 Å². The van der Waals surface area contributed by atoms with Gasteiger partial charge in [0.15, 0.2) is 0 Å². The minimum atomic E-state index is 0. The Morgan fingerprint density at radius 2 is 2.00 bits per heavy atom. The molecular weight excluding hydrogens is 264 g/mol. The van der Waals surface area contributed by atoms with Crippen LogP contribution in [0.15, 0.2) is 24.3 Å². The van der Waals surface area contributed by atoms with Crippen molar-refractivity contribution >= 4 is 24.0 Å². The van der Waals surface area contributed by atoms with Gasteiger partial charge in [0, 0.05) is 0 Å². The van der Waals surface area contributed by atoms with E-state index in [9.17, 15) is 4.79 Å². The Bertz CT molecular complexity index is 406. The van der Waals surface area contributed by atoms with Crippen molar-refractivity contribution in [1.82, 2.24) is 4.90 Å². The van der Waals surface area contributed by atoms with E-state index in [1.165, 1.54) is 12.8 Å². The number of benzene rings is 1. The van der Waals surface area contributed by atoms with Crippen molar-refractivity contribution in [3.63, 3.8) is 0 Å². The molecule has 1 aliphatic rings. The summed E-state index contributed by atoms with van der Waals surface area (Å²) in [6.45, 7) is 5.06. The molecule has 1 amide bonds. The first-order chi connectivity index (χ1) is 8.79. The van der Waals surface area contributed by atoms with Crippen molar-refractivity contribution in [2.75, 3.05) is 31.6 Å². The molecule has 0 aliphatic carbocycles. The second-order valence-corrected chi connectivity index (χ2v) is 4.46. The molecule has 0 saturated carbocycles. The van der Waals surface area contributed by atoms with Crippen molar-refractivity contribution in [3.8, 4) is 5.75 Å². The summed E-state index contributed by atoms with van der Waals surface area (Å²) < 4.78 is 5.48. The van der Waals surface area contributed by atoms with Crippen molar-refractivity contribution in [3.05, 3.63) is 24.3 Å². The number of hydrogen-bond acceptors (Lipinski definition) is 3. The maximum absolute atomic E-state index is 11.9. The number of rotatable bonds is 5. The number of nitrogens with zero attached hydrogens (tertiary/aromatic N) is 1. The third-order valence-corrected chi connectivity index (χ3v) is 3.03. The third kappa shape index (κ3) is 4.73. The smallest absolute Gasteiger partial charge is 0.238 e. The van der Waals surface area contributed by atoms with Crippen LogP contribution in [-0.2, 0) is 4.79 Å². The third-order valence-electron chi connectivity index (χ3n) is 3.03. The van der Waals surface area contributed by atoms with Crippen molar-refractivity contribution in [2.45, 2.75) is 19.8 Å². The van der Waals surface area contributed by atoms with Crippen LogP contribution in [0, 0.1) is 0 Å². The molecule has 0 unspecified atom stereocenters. The van der Waals surface area contributed by atoms with Crippen LogP contribution in [0.25, 0.3) is 0 Å². The van der Waals surface area contributed by atoms with Crippen molar-refractivity contribution < 1.29 is 9.53 Å². The van der Waals surface area contributed by atoms with Gasteiger partial charge in [-0.15, -0.1) is 12.4 Å². The maximum Gasteiger partial charge on any atom is 0.238 e.